The molecule has 1 aromatic heterocycles. The summed E-state index contributed by atoms with van der Waals surface area (Å²) in [5.41, 5.74) is 12.4. The van der Waals surface area contributed by atoms with Gasteiger partial charge in [0, 0.05) is 0 Å². The van der Waals surface area contributed by atoms with Gasteiger partial charge in [0.1, 0.15) is 12.8 Å². The second-order valence-electron chi connectivity index (χ2n) is 4.41. The van der Waals surface area contributed by atoms with Gasteiger partial charge in [-0.15, -0.1) is 0 Å². The normalized spacial score (nSPS) is 10.7. The Labute approximate surface area is 133 Å². The summed E-state index contributed by atoms with van der Waals surface area (Å²) in [5.74, 6) is -0.529. The molecule has 0 saturated carbocycles. The number of aromatic nitrogens is 2. The fourth-order valence-corrected chi connectivity index (χ4v) is 1.71. The van der Waals surface area contributed by atoms with Gasteiger partial charge in [0.25, 0.3) is 0 Å². The third-order valence-electron chi connectivity index (χ3n) is 2.70. The number of nitrogens with zero attached hydrogens (tertiary/aromatic N) is 3. The van der Waals surface area contributed by atoms with Gasteiger partial charge in [0.15, 0.2) is 11.5 Å². The van der Waals surface area contributed by atoms with Crippen LogP contribution in [-0.2, 0) is 16.1 Å². The van der Waals surface area contributed by atoms with E-state index in [2.05, 4.69) is 15.0 Å². The lowest BCUT2D eigenvalue weighted by atomic mass is 10.2. The van der Waals surface area contributed by atoms with Gasteiger partial charge in [-0.3, -0.25) is 0 Å². The third-order valence-corrected chi connectivity index (χ3v) is 2.70. The highest BCUT2D eigenvalue weighted by atomic mass is 16.5. The molecule has 4 N–H and O–H groups in total. The Balaban J connectivity index is 2.21. The average Bonchev–Trinajstić information content (AvgIpc) is 2.53. The first-order valence-electron chi connectivity index (χ1n) is 6.90. The van der Waals surface area contributed by atoms with Crippen molar-refractivity contribution in [3.05, 3.63) is 35.9 Å². The maximum absolute atomic E-state index is 11.4. The lowest BCUT2D eigenvalue weighted by Crippen LogP contribution is -2.07. The van der Waals surface area contributed by atoms with Gasteiger partial charge in [0.05, 0.1) is 6.61 Å². The molecule has 1 heterocycles. The second kappa shape index (κ2) is 7.74. The molecule has 2 aromatic rings. The molecule has 23 heavy (non-hydrogen) atoms. The van der Waals surface area contributed by atoms with E-state index < -0.39 is 5.97 Å². The first kappa shape index (κ1) is 16.2. The van der Waals surface area contributed by atoms with Gasteiger partial charge < -0.3 is 20.9 Å². The van der Waals surface area contributed by atoms with Gasteiger partial charge in [-0.2, -0.15) is 9.97 Å². The van der Waals surface area contributed by atoms with Gasteiger partial charge in [-0.25, -0.2) is 9.79 Å². The fourth-order valence-electron chi connectivity index (χ4n) is 1.71. The first-order valence-corrected chi connectivity index (χ1v) is 6.90. The number of hydrogen-bond donors (Lipinski definition) is 2. The molecule has 0 atom stereocenters. The molecule has 120 valence electrons. The summed E-state index contributed by atoms with van der Waals surface area (Å²) >= 11 is 0. The molecule has 0 aliphatic heterocycles. The van der Waals surface area contributed by atoms with Crippen molar-refractivity contribution in [3.63, 3.8) is 0 Å². The predicted octanol–water partition coefficient (Wildman–Crippen LogP) is 1.49. The summed E-state index contributed by atoms with van der Waals surface area (Å²) in [7, 11) is 0. The SMILES string of the molecule is CCOC(=O)/C=N/c1c(N)nc(N)nc1OCc1ccccc1. The van der Waals surface area contributed by atoms with E-state index in [-0.39, 0.29) is 36.5 Å². The van der Waals surface area contributed by atoms with E-state index in [1.165, 1.54) is 0 Å². The Kier molecular flexibility index (Phi) is 5.45. The summed E-state index contributed by atoms with van der Waals surface area (Å²) in [6.45, 7) is 2.19. The molecule has 0 aliphatic carbocycles. The zero-order valence-electron chi connectivity index (χ0n) is 12.6. The number of aliphatic imine (C=N–C) groups is 1. The average molecular weight is 315 g/mol. The summed E-state index contributed by atoms with van der Waals surface area (Å²) in [5, 5.41) is 0. The molecular formula is C15H17N5O3. The van der Waals surface area contributed by atoms with Crippen molar-refractivity contribution in [1.82, 2.24) is 9.97 Å². The molecule has 0 radical (unpaired) electrons. The number of esters is 1. The summed E-state index contributed by atoms with van der Waals surface area (Å²) in [6.07, 6.45) is 0.990. The second-order valence-corrected chi connectivity index (χ2v) is 4.41. The maximum atomic E-state index is 11.4. The van der Waals surface area contributed by atoms with Crippen LogP contribution < -0.4 is 16.2 Å². The standard InChI is InChI=1S/C15H17N5O3/c1-2-22-11(21)8-18-12-13(16)19-15(17)20-14(12)23-9-10-6-4-3-5-7-10/h3-8H,2,9H2,1H3,(H4,16,17,19,20)/b18-8+. The Hall–Kier alpha value is -3.16. The zero-order chi connectivity index (χ0) is 16.7. The van der Waals surface area contributed by atoms with E-state index in [9.17, 15) is 4.79 Å². The zero-order valence-corrected chi connectivity index (χ0v) is 12.6. The predicted molar refractivity (Wildman–Crippen MR) is 86.4 cm³/mol. The molecule has 0 aliphatic rings. The van der Waals surface area contributed by atoms with Crippen LogP contribution in [0.1, 0.15) is 12.5 Å². The minimum absolute atomic E-state index is 0.0149. The van der Waals surface area contributed by atoms with Crippen molar-refractivity contribution in [2.24, 2.45) is 4.99 Å². The minimum atomic E-state index is -0.599. The molecule has 0 saturated heterocycles. The van der Waals surface area contributed by atoms with Crippen LogP contribution in [-0.4, -0.2) is 28.8 Å². The number of nitrogens with two attached hydrogens (primary N) is 2. The van der Waals surface area contributed by atoms with Crippen molar-refractivity contribution in [3.8, 4) is 5.88 Å². The molecule has 0 bridgehead atoms. The van der Waals surface area contributed by atoms with Gasteiger partial charge in [-0.1, -0.05) is 30.3 Å². The Morgan fingerprint density at radius 3 is 2.70 bits per heavy atom. The highest BCUT2D eigenvalue weighted by Gasteiger charge is 2.13. The van der Waals surface area contributed by atoms with Crippen LogP contribution in [0.25, 0.3) is 0 Å². The Morgan fingerprint density at radius 2 is 2.00 bits per heavy atom. The quantitative estimate of drug-likeness (QED) is 0.610. The topological polar surface area (TPSA) is 126 Å². The van der Waals surface area contributed by atoms with Crippen molar-refractivity contribution in [2.75, 3.05) is 18.1 Å². The third kappa shape index (κ3) is 4.67. The maximum Gasteiger partial charge on any atom is 0.349 e. The van der Waals surface area contributed by atoms with Crippen molar-refractivity contribution >= 4 is 29.6 Å². The van der Waals surface area contributed by atoms with E-state index in [1.54, 1.807) is 6.92 Å². The molecule has 0 amide bonds. The molecule has 0 spiro atoms. The minimum Gasteiger partial charge on any atom is -0.471 e. The monoisotopic (exact) mass is 315 g/mol. The van der Waals surface area contributed by atoms with E-state index >= 15 is 0 Å². The lowest BCUT2D eigenvalue weighted by molar-refractivity contribution is -0.134. The summed E-state index contributed by atoms with van der Waals surface area (Å²) in [4.78, 5) is 23.1. The molecule has 2 rings (SSSR count). The number of carbonyl (C=O) groups excluding carboxylic acids is 1. The smallest absolute Gasteiger partial charge is 0.349 e. The van der Waals surface area contributed by atoms with E-state index in [0.717, 1.165) is 11.8 Å². The van der Waals surface area contributed by atoms with E-state index in [4.69, 9.17) is 20.9 Å². The van der Waals surface area contributed by atoms with E-state index in [0.29, 0.717) is 0 Å². The molecule has 1 aromatic carbocycles. The Morgan fingerprint density at radius 1 is 1.26 bits per heavy atom. The van der Waals surface area contributed by atoms with Crippen molar-refractivity contribution in [1.29, 1.82) is 0 Å². The highest BCUT2D eigenvalue weighted by molar-refractivity contribution is 6.23. The number of ether oxygens (including phenoxy) is 2. The number of carbonyl (C=O) groups is 1. The number of rotatable bonds is 6. The number of hydrogen-bond acceptors (Lipinski definition) is 8. The van der Waals surface area contributed by atoms with Crippen LogP contribution in [0.5, 0.6) is 5.88 Å². The fraction of sp³-hybridized carbons (Fsp3) is 0.200. The summed E-state index contributed by atoms with van der Waals surface area (Å²) in [6, 6.07) is 9.48. The molecule has 0 fully saturated rings. The van der Waals surface area contributed by atoms with Crippen LogP contribution in [0, 0.1) is 0 Å². The van der Waals surface area contributed by atoms with Crippen molar-refractivity contribution in [2.45, 2.75) is 13.5 Å². The highest BCUT2D eigenvalue weighted by Crippen LogP contribution is 2.31. The van der Waals surface area contributed by atoms with Crippen LogP contribution in [0.15, 0.2) is 35.3 Å². The van der Waals surface area contributed by atoms with Gasteiger partial charge >= 0.3 is 5.97 Å². The van der Waals surface area contributed by atoms with Crippen LogP contribution >= 0.6 is 0 Å². The lowest BCUT2D eigenvalue weighted by Gasteiger charge is -2.09. The van der Waals surface area contributed by atoms with Gasteiger partial charge in [-0.05, 0) is 12.5 Å². The number of nitrogen functional groups attached to an aromatic ring is 2. The number of benzene rings is 1. The van der Waals surface area contributed by atoms with Crippen LogP contribution in [0.3, 0.4) is 0 Å². The van der Waals surface area contributed by atoms with Crippen molar-refractivity contribution < 1.29 is 14.3 Å². The molecule has 0 unspecified atom stereocenters. The summed E-state index contributed by atoms with van der Waals surface area (Å²) < 4.78 is 10.4. The van der Waals surface area contributed by atoms with Crippen LogP contribution in [0.2, 0.25) is 0 Å². The van der Waals surface area contributed by atoms with E-state index in [1.807, 2.05) is 30.3 Å². The largest absolute Gasteiger partial charge is 0.471 e. The number of anilines is 2. The van der Waals surface area contributed by atoms with Gasteiger partial charge in [0.2, 0.25) is 11.8 Å². The van der Waals surface area contributed by atoms with Crippen LogP contribution in [0.4, 0.5) is 17.5 Å². The Bertz CT molecular complexity index is 704. The molecule has 8 nitrogen and oxygen atoms in total. The molecule has 8 heteroatoms. The first-order chi connectivity index (χ1) is 11.1. The molecular weight excluding hydrogens is 298 g/mol.